The molecule has 0 rings (SSSR count). The Morgan fingerprint density at radius 1 is 1.55 bits per heavy atom. The predicted octanol–water partition coefficient (Wildman–Crippen LogP) is 1.47. The first-order valence-electron chi connectivity index (χ1n) is 3.91. The van der Waals surface area contributed by atoms with Gasteiger partial charge in [0.25, 0.3) is 0 Å². The van der Waals surface area contributed by atoms with Crippen LogP contribution >= 0.6 is 0 Å². The molecule has 0 aliphatic heterocycles. The van der Waals surface area contributed by atoms with Gasteiger partial charge in [0, 0.05) is 6.61 Å². The van der Waals surface area contributed by atoms with Crippen molar-refractivity contribution in [2.24, 2.45) is 0 Å². The zero-order valence-electron chi connectivity index (χ0n) is 7.46. The molecule has 11 heavy (non-hydrogen) atoms. The van der Waals surface area contributed by atoms with Crippen molar-refractivity contribution in [3.8, 4) is 0 Å². The highest BCUT2D eigenvalue weighted by Gasteiger charge is 1.98. The average molecular weight is 159 g/mol. The van der Waals surface area contributed by atoms with Crippen molar-refractivity contribution in [1.82, 2.24) is 5.48 Å². The quantitative estimate of drug-likeness (QED) is 0.470. The van der Waals surface area contributed by atoms with E-state index in [1.165, 1.54) is 0 Å². The smallest absolute Gasteiger partial charge is 0.107 e. The Morgan fingerprint density at radius 2 is 2.27 bits per heavy atom. The molecule has 0 aliphatic rings. The lowest BCUT2D eigenvalue weighted by molar-refractivity contribution is 0.0494. The zero-order valence-corrected chi connectivity index (χ0v) is 7.46. The molecule has 3 heteroatoms. The second-order valence-electron chi connectivity index (χ2n) is 2.27. The summed E-state index contributed by atoms with van der Waals surface area (Å²) in [6, 6.07) is 0.228. The van der Waals surface area contributed by atoms with Crippen molar-refractivity contribution < 1.29 is 9.57 Å². The number of hydrogen-bond acceptors (Lipinski definition) is 3. The normalized spacial score (nSPS) is 13.7. The minimum Gasteiger partial charge on any atom is -0.417 e. The molecular formula is C8H17NO2. The van der Waals surface area contributed by atoms with E-state index in [9.17, 15) is 0 Å². The van der Waals surface area contributed by atoms with Crippen LogP contribution in [0, 0.1) is 0 Å². The molecule has 1 atom stereocenters. The maximum atomic E-state index is 5.16. The lowest BCUT2D eigenvalue weighted by Gasteiger charge is -2.11. The van der Waals surface area contributed by atoms with E-state index in [4.69, 9.17) is 9.57 Å². The minimum absolute atomic E-state index is 0.228. The van der Waals surface area contributed by atoms with Gasteiger partial charge in [0.2, 0.25) is 0 Å². The molecule has 0 amide bonds. The Bertz CT molecular complexity index is 104. The molecule has 0 radical (unpaired) electrons. The fraction of sp³-hybridized carbons (Fsp3) is 0.750. The first-order chi connectivity index (χ1) is 5.31. The van der Waals surface area contributed by atoms with Gasteiger partial charge in [0.1, 0.15) is 6.26 Å². The maximum Gasteiger partial charge on any atom is 0.107 e. The summed E-state index contributed by atoms with van der Waals surface area (Å²) in [6.07, 6.45) is 3.42. The number of hydrogen-bond donors (Lipinski definition) is 1. The summed E-state index contributed by atoms with van der Waals surface area (Å²) in [4.78, 5) is 4.93. The molecule has 0 spiro atoms. The third-order valence-corrected chi connectivity index (χ3v) is 1.05. The Kier molecular flexibility index (Phi) is 7.19. The molecule has 0 aromatic carbocycles. The summed E-state index contributed by atoms with van der Waals surface area (Å²) in [6.45, 7) is 7.29. The van der Waals surface area contributed by atoms with Crippen molar-refractivity contribution in [3.63, 3.8) is 0 Å². The van der Waals surface area contributed by atoms with Gasteiger partial charge >= 0.3 is 0 Å². The van der Waals surface area contributed by atoms with Crippen molar-refractivity contribution in [1.29, 1.82) is 0 Å². The highest BCUT2D eigenvalue weighted by Crippen LogP contribution is 1.84. The lowest BCUT2D eigenvalue weighted by atomic mass is 10.4. The van der Waals surface area contributed by atoms with Gasteiger partial charge in [-0.1, -0.05) is 6.08 Å². The van der Waals surface area contributed by atoms with Gasteiger partial charge < -0.3 is 9.57 Å². The van der Waals surface area contributed by atoms with Crippen LogP contribution in [-0.2, 0) is 9.57 Å². The van der Waals surface area contributed by atoms with Crippen molar-refractivity contribution >= 4 is 0 Å². The van der Waals surface area contributed by atoms with Crippen LogP contribution in [-0.4, -0.2) is 19.3 Å². The number of ether oxygens (including phenoxy) is 1. The van der Waals surface area contributed by atoms with Crippen LogP contribution < -0.4 is 5.48 Å². The second-order valence-corrected chi connectivity index (χ2v) is 2.27. The summed E-state index contributed by atoms with van der Waals surface area (Å²) in [5, 5.41) is 0. The summed E-state index contributed by atoms with van der Waals surface area (Å²) in [7, 11) is 0. The van der Waals surface area contributed by atoms with Crippen LogP contribution in [0.1, 0.15) is 20.8 Å². The van der Waals surface area contributed by atoms with E-state index in [1.54, 1.807) is 6.26 Å². The van der Waals surface area contributed by atoms with E-state index >= 15 is 0 Å². The summed E-state index contributed by atoms with van der Waals surface area (Å²) in [5.41, 5.74) is 2.81. The number of rotatable bonds is 6. The Labute approximate surface area is 68.3 Å². The molecular weight excluding hydrogens is 142 g/mol. The third-order valence-electron chi connectivity index (χ3n) is 1.05. The van der Waals surface area contributed by atoms with Crippen LogP contribution in [0.15, 0.2) is 12.3 Å². The van der Waals surface area contributed by atoms with E-state index in [0.717, 1.165) is 6.61 Å². The van der Waals surface area contributed by atoms with Crippen molar-refractivity contribution in [2.45, 2.75) is 26.8 Å². The maximum absolute atomic E-state index is 5.16. The highest BCUT2D eigenvalue weighted by atomic mass is 16.6. The molecule has 66 valence electrons. The molecule has 0 bridgehead atoms. The molecule has 0 fully saturated rings. The standard InChI is InChI=1S/C8H17NO2/c1-4-6-11-9-8(3)7-10-5-2/h4,6,8-9H,5,7H2,1-3H3/b6-4+. The molecule has 3 nitrogen and oxygen atoms in total. The monoisotopic (exact) mass is 159 g/mol. The lowest BCUT2D eigenvalue weighted by Crippen LogP contribution is -2.29. The van der Waals surface area contributed by atoms with Gasteiger partial charge in [-0.15, -0.1) is 0 Å². The van der Waals surface area contributed by atoms with Gasteiger partial charge in [-0.2, -0.15) is 5.48 Å². The van der Waals surface area contributed by atoms with E-state index in [2.05, 4.69) is 5.48 Å². The van der Waals surface area contributed by atoms with Crippen LogP contribution in [0.2, 0.25) is 0 Å². The summed E-state index contributed by atoms with van der Waals surface area (Å²) >= 11 is 0. The molecule has 0 saturated carbocycles. The van der Waals surface area contributed by atoms with E-state index in [0.29, 0.717) is 6.61 Å². The predicted molar refractivity (Wildman–Crippen MR) is 45.0 cm³/mol. The molecule has 0 aromatic heterocycles. The SMILES string of the molecule is C/C=C/ONC(C)COCC. The Morgan fingerprint density at radius 3 is 2.82 bits per heavy atom. The van der Waals surface area contributed by atoms with E-state index in [-0.39, 0.29) is 6.04 Å². The minimum atomic E-state index is 0.228. The molecule has 0 aliphatic carbocycles. The first-order valence-corrected chi connectivity index (χ1v) is 3.91. The average Bonchev–Trinajstić information content (AvgIpc) is 2.01. The Balaban J connectivity index is 3.15. The number of nitrogens with one attached hydrogen (secondary N) is 1. The molecule has 0 heterocycles. The van der Waals surface area contributed by atoms with Crippen LogP contribution in [0.25, 0.3) is 0 Å². The third kappa shape index (κ3) is 7.36. The fourth-order valence-corrected chi connectivity index (χ4v) is 0.552. The topological polar surface area (TPSA) is 30.5 Å². The molecule has 1 unspecified atom stereocenters. The zero-order chi connectivity index (χ0) is 8.53. The highest BCUT2D eigenvalue weighted by molar-refractivity contribution is 4.64. The van der Waals surface area contributed by atoms with Crippen molar-refractivity contribution in [3.05, 3.63) is 12.3 Å². The second kappa shape index (κ2) is 7.57. The Hall–Kier alpha value is -0.540. The molecule has 0 saturated heterocycles. The summed E-state index contributed by atoms with van der Waals surface area (Å²) in [5.74, 6) is 0. The van der Waals surface area contributed by atoms with Gasteiger partial charge in [-0.3, -0.25) is 0 Å². The summed E-state index contributed by atoms with van der Waals surface area (Å²) < 4.78 is 5.16. The van der Waals surface area contributed by atoms with E-state index < -0.39 is 0 Å². The van der Waals surface area contributed by atoms with Gasteiger partial charge in [0.05, 0.1) is 12.6 Å². The van der Waals surface area contributed by atoms with Crippen LogP contribution in [0.5, 0.6) is 0 Å². The van der Waals surface area contributed by atoms with E-state index in [1.807, 2.05) is 26.8 Å². The number of hydroxylamine groups is 1. The number of allylic oxidation sites excluding steroid dienone is 1. The van der Waals surface area contributed by atoms with Crippen LogP contribution in [0.4, 0.5) is 0 Å². The van der Waals surface area contributed by atoms with Gasteiger partial charge in [-0.25, -0.2) is 0 Å². The fourth-order valence-electron chi connectivity index (χ4n) is 0.552. The van der Waals surface area contributed by atoms with Crippen LogP contribution in [0.3, 0.4) is 0 Å². The first kappa shape index (κ1) is 10.5. The van der Waals surface area contributed by atoms with Crippen molar-refractivity contribution in [2.75, 3.05) is 13.2 Å². The van der Waals surface area contributed by atoms with Gasteiger partial charge in [0.15, 0.2) is 0 Å². The largest absolute Gasteiger partial charge is 0.417 e. The molecule has 1 N–H and O–H groups in total. The van der Waals surface area contributed by atoms with Gasteiger partial charge in [-0.05, 0) is 20.8 Å². The molecule has 0 aromatic rings.